The SMILES string of the molecule is Clc1cccc(CN2CCN(Cc3ccc4c(c3)OCO4)CC2)c1.O=C(O)C(=O)O. The van der Waals surface area contributed by atoms with Gasteiger partial charge in [-0.3, -0.25) is 9.80 Å². The number of carboxylic acid groups (broad SMARTS) is 2. The monoisotopic (exact) mass is 434 g/mol. The van der Waals surface area contributed by atoms with Gasteiger partial charge in [0.25, 0.3) is 0 Å². The second-order valence-electron chi connectivity index (χ2n) is 6.98. The summed E-state index contributed by atoms with van der Waals surface area (Å²) in [4.78, 5) is 23.2. The third-order valence-electron chi connectivity index (χ3n) is 4.79. The van der Waals surface area contributed by atoms with E-state index in [1.54, 1.807) is 0 Å². The molecule has 0 spiro atoms. The molecule has 30 heavy (non-hydrogen) atoms. The predicted molar refractivity (Wildman–Crippen MR) is 110 cm³/mol. The van der Waals surface area contributed by atoms with Crippen LogP contribution in [0, 0.1) is 0 Å². The first-order valence-electron chi connectivity index (χ1n) is 9.44. The molecule has 1 saturated heterocycles. The first kappa shape index (κ1) is 21.9. The van der Waals surface area contributed by atoms with Crippen LogP contribution in [0.4, 0.5) is 0 Å². The Morgan fingerprint density at radius 3 is 1.97 bits per heavy atom. The molecule has 0 aromatic heterocycles. The maximum atomic E-state index is 9.10. The first-order valence-corrected chi connectivity index (χ1v) is 9.82. The number of aliphatic carboxylic acids is 2. The third kappa shape index (κ3) is 6.35. The molecular weight excluding hydrogens is 412 g/mol. The zero-order chi connectivity index (χ0) is 21.5. The van der Waals surface area contributed by atoms with E-state index in [4.69, 9.17) is 40.9 Å². The number of nitrogens with zero attached hydrogens (tertiary/aromatic N) is 2. The molecule has 0 atom stereocenters. The van der Waals surface area contributed by atoms with Crippen LogP contribution in [0.2, 0.25) is 5.02 Å². The minimum Gasteiger partial charge on any atom is -0.473 e. The molecule has 4 rings (SSSR count). The van der Waals surface area contributed by atoms with Crippen LogP contribution in [0.15, 0.2) is 42.5 Å². The van der Waals surface area contributed by atoms with E-state index in [1.165, 1.54) is 11.1 Å². The van der Waals surface area contributed by atoms with Crippen LogP contribution < -0.4 is 9.47 Å². The molecule has 9 heteroatoms. The molecule has 2 aromatic carbocycles. The third-order valence-corrected chi connectivity index (χ3v) is 5.02. The minimum absolute atomic E-state index is 0.334. The standard InChI is InChI=1S/C19H21ClN2O2.C2H2O4/c20-17-3-1-2-15(10-17)12-21-6-8-22(9-7-21)13-16-4-5-18-19(11-16)24-14-23-18;3-1(4)2(5)6/h1-5,10-11H,6-9,12-14H2;(H,3,4)(H,5,6). The summed E-state index contributed by atoms with van der Waals surface area (Å²) in [6.45, 7) is 6.58. The normalized spacial score (nSPS) is 15.9. The lowest BCUT2D eigenvalue weighted by Gasteiger charge is -2.34. The molecule has 0 radical (unpaired) electrons. The van der Waals surface area contributed by atoms with Gasteiger partial charge >= 0.3 is 11.9 Å². The van der Waals surface area contributed by atoms with Crippen molar-refractivity contribution in [2.24, 2.45) is 0 Å². The van der Waals surface area contributed by atoms with E-state index in [9.17, 15) is 0 Å². The summed E-state index contributed by atoms with van der Waals surface area (Å²) in [6, 6.07) is 14.4. The van der Waals surface area contributed by atoms with Gasteiger partial charge in [0.05, 0.1) is 0 Å². The average molecular weight is 435 g/mol. The Kier molecular flexibility index (Phi) is 7.51. The molecule has 2 heterocycles. The number of hydrogen-bond acceptors (Lipinski definition) is 6. The minimum atomic E-state index is -1.82. The largest absolute Gasteiger partial charge is 0.473 e. The lowest BCUT2D eigenvalue weighted by atomic mass is 10.1. The van der Waals surface area contributed by atoms with Gasteiger partial charge in [-0.1, -0.05) is 29.8 Å². The van der Waals surface area contributed by atoms with Gasteiger partial charge in [-0.2, -0.15) is 0 Å². The Bertz CT molecular complexity index is 887. The highest BCUT2D eigenvalue weighted by molar-refractivity contribution is 6.30. The quantitative estimate of drug-likeness (QED) is 0.708. The molecule has 2 aliphatic heterocycles. The van der Waals surface area contributed by atoms with Crippen LogP contribution >= 0.6 is 11.6 Å². The van der Waals surface area contributed by atoms with Crippen molar-refractivity contribution in [1.82, 2.24) is 9.80 Å². The average Bonchev–Trinajstić information content (AvgIpc) is 3.18. The Labute approximate surface area is 179 Å². The number of fused-ring (bicyclic) bond motifs is 1. The van der Waals surface area contributed by atoms with Gasteiger partial charge in [0, 0.05) is 44.3 Å². The van der Waals surface area contributed by atoms with Crippen molar-refractivity contribution in [1.29, 1.82) is 0 Å². The van der Waals surface area contributed by atoms with Gasteiger partial charge < -0.3 is 19.7 Å². The van der Waals surface area contributed by atoms with Crippen molar-refractivity contribution in [2.45, 2.75) is 13.1 Å². The van der Waals surface area contributed by atoms with Crippen molar-refractivity contribution >= 4 is 23.5 Å². The number of carbonyl (C=O) groups is 2. The zero-order valence-electron chi connectivity index (χ0n) is 16.3. The van der Waals surface area contributed by atoms with E-state index in [2.05, 4.69) is 34.1 Å². The van der Waals surface area contributed by atoms with Gasteiger partial charge in [-0.05, 0) is 35.4 Å². The van der Waals surface area contributed by atoms with Crippen molar-refractivity contribution in [3.63, 3.8) is 0 Å². The fourth-order valence-electron chi connectivity index (χ4n) is 3.30. The highest BCUT2D eigenvalue weighted by atomic mass is 35.5. The van der Waals surface area contributed by atoms with Crippen LogP contribution in [0.3, 0.4) is 0 Å². The molecular formula is C21H23ClN2O6. The molecule has 2 aliphatic rings. The summed E-state index contributed by atoms with van der Waals surface area (Å²) in [5.74, 6) is -1.93. The lowest BCUT2D eigenvalue weighted by Crippen LogP contribution is -2.45. The van der Waals surface area contributed by atoms with Crippen LogP contribution in [0.5, 0.6) is 11.5 Å². The first-order chi connectivity index (χ1) is 14.4. The number of benzene rings is 2. The van der Waals surface area contributed by atoms with Gasteiger partial charge in [0.2, 0.25) is 6.79 Å². The molecule has 0 bridgehead atoms. The molecule has 0 amide bonds. The Morgan fingerprint density at radius 1 is 0.833 bits per heavy atom. The molecule has 1 fully saturated rings. The van der Waals surface area contributed by atoms with Crippen molar-refractivity contribution in [3.05, 3.63) is 58.6 Å². The lowest BCUT2D eigenvalue weighted by molar-refractivity contribution is -0.159. The van der Waals surface area contributed by atoms with Crippen LogP contribution in [-0.4, -0.2) is 64.9 Å². The number of carboxylic acids is 2. The summed E-state index contributed by atoms with van der Waals surface area (Å²) in [5.41, 5.74) is 2.56. The number of hydrogen-bond donors (Lipinski definition) is 2. The van der Waals surface area contributed by atoms with E-state index in [-0.39, 0.29) is 0 Å². The second-order valence-corrected chi connectivity index (χ2v) is 7.42. The second kappa shape index (κ2) is 10.3. The number of ether oxygens (including phenoxy) is 2. The summed E-state index contributed by atoms with van der Waals surface area (Å²) < 4.78 is 10.8. The van der Waals surface area contributed by atoms with Crippen molar-refractivity contribution < 1.29 is 29.3 Å². The van der Waals surface area contributed by atoms with Crippen molar-refractivity contribution in [2.75, 3.05) is 33.0 Å². The number of rotatable bonds is 4. The van der Waals surface area contributed by atoms with Crippen LogP contribution in [0.25, 0.3) is 0 Å². The zero-order valence-corrected chi connectivity index (χ0v) is 17.0. The topological polar surface area (TPSA) is 99.5 Å². The van der Waals surface area contributed by atoms with Crippen molar-refractivity contribution in [3.8, 4) is 11.5 Å². The molecule has 0 aliphatic carbocycles. The summed E-state index contributed by atoms with van der Waals surface area (Å²) >= 11 is 6.07. The van der Waals surface area contributed by atoms with Crippen LogP contribution in [-0.2, 0) is 22.7 Å². The fraction of sp³-hybridized carbons (Fsp3) is 0.333. The Morgan fingerprint density at radius 2 is 1.40 bits per heavy atom. The Balaban J connectivity index is 0.000000377. The summed E-state index contributed by atoms with van der Waals surface area (Å²) in [5, 5.41) is 15.6. The molecule has 160 valence electrons. The summed E-state index contributed by atoms with van der Waals surface area (Å²) in [7, 11) is 0. The molecule has 2 N–H and O–H groups in total. The molecule has 2 aromatic rings. The predicted octanol–water partition coefficient (Wildman–Crippen LogP) is 2.54. The number of piperazine rings is 1. The van der Waals surface area contributed by atoms with E-state index >= 15 is 0 Å². The van der Waals surface area contributed by atoms with E-state index in [1.807, 2.05) is 18.2 Å². The van der Waals surface area contributed by atoms with E-state index < -0.39 is 11.9 Å². The van der Waals surface area contributed by atoms with Gasteiger partial charge in [0.15, 0.2) is 11.5 Å². The van der Waals surface area contributed by atoms with E-state index in [0.717, 1.165) is 55.8 Å². The highest BCUT2D eigenvalue weighted by Crippen LogP contribution is 2.32. The van der Waals surface area contributed by atoms with Gasteiger partial charge in [0.1, 0.15) is 0 Å². The van der Waals surface area contributed by atoms with Gasteiger partial charge in [-0.15, -0.1) is 0 Å². The maximum Gasteiger partial charge on any atom is 0.414 e. The van der Waals surface area contributed by atoms with Crippen LogP contribution in [0.1, 0.15) is 11.1 Å². The smallest absolute Gasteiger partial charge is 0.414 e. The van der Waals surface area contributed by atoms with E-state index in [0.29, 0.717) is 6.79 Å². The maximum absolute atomic E-state index is 9.10. The van der Waals surface area contributed by atoms with Gasteiger partial charge in [-0.25, -0.2) is 9.59 Å². The fourth-order valence-corrected chi connectivity index (χ4v) is 3.51. The number of halogens is 1. The molecule has 0 saturated carbocycles. The highest BCUT2D eigenvalue weighted by Gasteiger charge is 2.19. The Hall–Kier alpha value is -2.81. The summed E-state index contributed by atoms with van der Waals surface area (Å²) in [6.07, 6.45) is 0. The molecule has 8 nitrogen and oxygen atoms in total. The molecule has 0 unspecified atom stereocenters.